The van der Waals surface area contributed by atoms with Gasteiger partial charge in [0.1, 0.15) is 4.21 Å². The average Bonchev–Trinajstić information content (AvgIpc) is 3.20. The van der Waals surface area contributed by atoms with Crippen molar-refractivity contribution in [2.45, 2.75) is 31.0 Å². The molecule has 8 heteroatoms. The van der Waals surface area contributed by atoms with Crippen molar-refractivity contribution in [3.63, 3.8) is 0 Å². The lowest BCUT2D eigenvalue weighted by molar-refractivity contribution is -0.123. The molecular formula is C20H27N3O3S2. The first kappa shape index (κ1) is 21.0. The van der Waals surface area contributed by atoms with Gasteiger partial charge in [-0.15, -0.1) is 11.3 Å². The van der Waals surface area contributed by atoms with E-state index >= 15 is 0 Å². The Kier molecular flexibility index (Phi) is 6.54. The van der Waals surface area contributed by atoms with Crippen molar-refractivity contribution in [1.82, 2.24) is 14.5 Å². The third-order valence-electron chi connectivity index (χ3n) is 5.20. The minimum Gasteiger partial charge on any atom is -0.348 e. The Hall–Kier alpha value is -1.74. The fourth-order valence-electron chi connectivity index (χ4n) is 3.27. The van der Waals surface area contributed by atoms with Crippen molar-refractivity contribution in [3.8, 4) is 0 Å². The van der Waals surface area contributed by atoms with Gasteiger partial charge in [0.2, 0.25) is 5.91 Å². The van der Waals surface area contributed by atoms with Crippen molar-refractivity contribution in [2.75, 3.05) is 32.7 Å². The molecule has 1 N–H and O–H groups in total. The highest BCUT2D eigenvalue weighted by atomic mass is 32.2. The van der Waals surface area contributed by atoms with E-state index in [9.17, 15) is 13.2 Å². The first-order valence-electron chi connectivity index (χ1n) is 9.40. The molecule has 1 saturated heterocycles. The molecular weight excluding hydrogens is 394 g/mol. The van der Waals surface area contributed by atoms with E-state index in [0.29, 0.717) is 30.4 Å². The zero-order chi connectivity index (χ0) is 20.3. The van der Waals surface area contributed by atoms with Crippen LogP contribution in [0.3, 0.4) is 0 Å². The molecule has 0 aliphatic carbocycles. The van der Waals surface area contributed by atoms with Gasteiger partial charge in [-0.05, 0) is 48.9 Å². The number of amides is 1. The quantitative estimate of drug-likeness (QED) is 0.778. The van der Waals surface area contributed by atoms with Crippen molar-refractivity contribution < 1.29 is 13.2 Å². The van der Waals surface area contributed by atoms with Crippen LogP contribution in [0.4, 0.5) is 0 Å². The van der Waals surface area contributed by atoms with Gasteiger partial charge < -0.3 is 5.32 Å². The Balaban J connectivity index is 1.50. The molecule has 1 amide bonds. The molecule has 0 spiro atoms. The van der Waals surface area contributed by atoms with Crippen molar-refractivity contribution >= 4 is 27.3 Å². The fraction of sp³-hybridized carbons (Fsp3) is 0.450. The second-order valence-corrected chi connectivity index (χ2v) is 10.4. The molecule has 0 radical (unpaired) electrons. The van der Waals surface area contributed by atoms with Gasteiger partial charge >= 0.3 is 0 Å². The third-order valence-corrected chi connectivity index (χ3v) is 8.47. The summed E-state index contributed by atoms with van der Waals surface area (Å²) < 4.78 is 27.0. The summed E-state index contributed by atoms with van der Waals surface area (Å²) in [5.41, 5.74) is 3.53. The Morgan fingerprint density at radius 2 is 1.86 bits per heavy atom. The average molecular weight is 422 g/mol. The van der Waals surface area contributed by atoms with E-state index in [1.54, 1.807) is 17.5 Å². The van der Waals surface area contributed by atoms with E-state index in [2.05, 4.69) is 31.3 Å². The molecule has 3 rings (SSSR count). The summed E-state index contributed by atoms with van der Waals surface area (Å²) in [7, 11) is -3.41. The highest BCUT2D eigenvalue weighted by molar-refractivity contribution is 7.91. The fourth-order valence-corrected chi connectivity index (χ4v) is 5.84. The van der Waals surface area contributed by atoms with Crippen LogP contribution in [0.5, 0.6) is 0 Å². The van der Waals surface area contributed by atoms with Crippen molar-refractivity contribution in [3.05, 3.63) is 52.4 Å². The lowest BCUT2D eigenvalue weighted by atomic mass is 10.0. The summed E-state index contributed by atoms with van der Waals surface area (Å²) in [5.74, 6) is -0.0414. The Labute approximate surface area is 171 Å². The number of carbonyl (C=O) groups excluding carboxylic acids is 1. The molecule has 6 nitrogen and oxygen atoms in total. The number of thiophene rings is 1. The van der Waals surface area contributed by atoms with Crippen LogP contribution in [-0.2, 0) is 14.8 Å². The van der Waals surface area contributed by atoms with Crippen LogP contribution < -0.4 is 5.32 Å². The smallest absolute Gasteiger partial charge is 0.252 e. The molecule has 1 atom stereocenters. The maximum Gasteiger partial charge on any atom is 0.252 e. The predicted octanol–water partition coefficient (Wildman–Crippen LogP) is 2.55. The molecule has 2 aromatic rings. The van der Waals surface area contributed by atoms with E-state index in [-0.39, 0.29) is 18.5 Å². The lowest BCUT2D eigenvalue weighted by Gasteiger charge is -2.33. The third kappa shape index (κ3) is 4.81. The molecule has 0 saturated carbocycles. The summed E-state index contributed by atoms with van der Waals surface area (Å²) >= 11 is 1.23. The van der Waals surface area contributed by atoms with Gasteiger partial charge in [0.25, 0.3) is 10.0 Å². The van der Waals surface area contributed by atoms with Crippen LogP contribution in [0.25, 0.3) is 0 Å². The molecule has 1 aromatic heterocycles. The van der Waals surface area contributed by atoms with E-state index in [1.165, 1.54) is 26.8 Å². The second-order valence-electron chi connectivity index (χ2n) is 7.25. The zero-order valence-corrected chi connectivity index (χ0v) is 18.1. The molecule has 152 valence electrons. The van der Waals surface area contributed by atoms with Crippen LogP contribution in [0.2, 0.25) is 0 Å². The number of aryl methyl sites for hydroxylation is 2. The van der Waals surface area contributed by atoms with E-state index < -0.39 is 10.0 Å². The molecule has 1 fully saturated rings. The monoisotopic (exact) mass is 421 g/mol. The van der Waals surface area contributed by atoms with E-state index in [4.69, 9.17) is 0 Å². The van der Waals surface area contributed by atoms with Crippen LogP contribution in [0.15, 0.2) is 39.9 Å². The maximum atomic E-state index is 12.6. The van der Waals surface area contributed by atoms with Crippen LogP contribution in [-0.4, -0.2) is 56.3 Å². The number of sulfonamides is 1. The molecule has 1 aliphatic heterocycles. The highest BCUT2D eigenvalue weighted by Crippen LogP contribution is 2.22. The standard InChI is InChI=1S/C20H27N3O3S2/c1-15-6-7-18(13-16(15)2)17(3)21-19(24)14-22-8-10-23(11-9-22)28(25,26)20-5-4-12-27-20/h4-7,12-13,17H,8-11,14H2,1-3H3,(H,21,24)/t17-/m1/s1. The molecule has 1 aromatic carbocycles. The van der Waals surface area contributed by atoms with E-state index in [0.717, 1.165) is 5.56 Å². The summed E-state index contributed by atoms with van der Waals surface area (Å²) in [5, 5.41) is 4.81. The van der Waals surface area contributed by atoms with E-state index in [1.807, 2.05) is 17.9 Å². The Morgan fingerprint density at radius 3 is 2.46 bits per heavy atom. The SMILES string of the molecule is Cc1ccc([C@@H](C)NC(=O)CN2CCN(S(=O)(=O)c3cccs3)CC2)cc1C. The Morgan fingerprint density at radius 1 is 1.14 bits per heavy atom. The second kappa shape index (κ2) is 8.73. The van der Waals surface area contributed by atoms with Gasteiger partial charge in [-0.2, -0.15) is 4.31 Å². The number of benzene rings is 1. The van der Waals surface area contributed by atoms with Gasteiger partial charge in [0.05, 0.1) is 12.6 Å². The minimum atomic E-state index is -3.41. The number of rotatable bonds is 6. The van der Waals surface area contributed by atoms with Gasteiger partial charge in [-0.1, -0.05) is 24.3 Å². The zero-order valence-electron chi connectivity index (χ0n) is 16.5. The topological polar surface area (TPSA) is 69.7 Å². The number of nitrogens with one attached hydrogen (secondary N) is 1. The number of hydrogen-bond acceptors (Lipinski definition) is 5. The summed E-state index contributed by atoms with van der Waals surface area (Å²) in [4.78, 5) is 14.4. The van der Waals surface area contributed by atoms with Gasteiger partial charge in [-0.3, -0.25) is 9.69 Å². The number of carbonyl (C=O) groups is 1. The number of hydrogen-bond donors (Lipinski definition) is 1. The van der Waals surface area contributed by atoms with Crippen LogP contribution in [0.1, 0.15) is 29.7 Å². The molecule has 2 heterocycles. The first-order valence-corrected chi connectivity index (χ1v) is 11.7. The summed E-state index contributed by atoms with van der Waals surface area (Å²) in [6, 6.07) is 9.53. The number of piperazine rings is 1. The predicted molar refractivity (Wildman–Crippen MR) is 112 cm³/mol. The lowest BCUT2D eigenvalue weighted by Crippen LogP contribution is -2.51. The largest absolute Gasteiger partial charge is 0.348 e. The maximum absolute atomic E-state index is 12.6. The normalized spacial score (nSPS) is 17.4. The molecule has 28 heavy (non-hydrogen) atoms. The first-order chi connectivity index (χ1) is 13.3. The van der Waals surface area contributed by atoms with Gasteiger partial charge in [0.15, 0.2) is 0 Å². The molecule has 1 aliphatic rings. The van der Waals surface area contributed by atoms with Crippen LogP contribution in [0, 0.1) is 13.8 Å². The highest BCUT2D eigenvalue weighted by Gasteiger charge is 2.29. The van der Waals surface area contributed by atoms with Gasteiger partial charge in [0, 0.05) is 26.2 Å². The van der Waals surface area contributed by atoms with Crippen molar-refractivity contribution in [1.29, 1.82) is 0 Å². The van der Waals surface area contributed by atoms with Crippen molar-refractivity contribution in [2.24, 2.45) is 0 Å². The molecule has 0 unspecified atom stereocenters. The van der Waals surface area contributed by atoms with Crippen LogP contribution >= 0.6 is 11.3 Å². The number of nitrogens with zero attached hydrogens (tertiary/aromatic N) is 2. The Bertz CT molecular complexity index is 918. The summed E-state index contributed by atoms with van der Waals surface area (Å²) in [6.45, 7) is 8.31. The minimum absolute atomic E-state index is 0.0414. The summed E-state index contributed by atoms with van der Waals surface area (Å²) in [6.07, 6.45) is 0. The van der Waals surface area contributed by atoms with Gasteiger partial charge in [-0.25, -0.2) is 8.42 Å². The molecule has 0 bridgehead atoms.